The zero-order chi connectivity index (χ0) is 14.9. The van der Waals surface area contributed by atoms with Crippen molar-refractivity contribution in [3.8, 4) is 0 Å². The summed E-state index contributed by atoms with van der Waals surface area (Å²) in [6.45, 7) is 3.27. The summed E-state index contributed by atoms with van der Waals surface area (Å²) in [5, 5.41) is 7.50. The maximum absolute atomic E-state index is 6.13. The highest BCUT2D eigenvalue weighted by atomic mass is 35.5. The fourth-order valence-electron chi connectivity index (χ4n) is 2.21. The second kappa shape index (κ2) is 8.67. The van der Waals surface area contributed by atoms with Crippen LogP contribution in [0, 0.1) is 0 Å². The molecule has 0 fully saturated rings. The molecule has 3 nitrogen and oxygen atoms in total. The van der Waals surface area contributed by atoms with Crippen LogP contribution in [0.3, 0.4) is 0 Å². The van der Waals surface area contributed by atoms with Crippen LogP contribution >= 0.6 is 11.6 Å². The Hall–Kier alpha value is -1.55. The molecule has 0 aliphatic heterocycles. The summed E-state index contributed by atoms with van der Waals surface area (Å²) in [6, 6.07) is 16.4. The lowest BCUT2D eigenvalue weighted by atomic mass is 10.0. The summed E-state index contributed by atoms with van der Waals surface area (Å²) >= 11 is 6.13. The van der Waals surface area contributed by atoms with Crippen molar-refractivity contribution in [1.82, 2.24) is 5.32 Å². The van der Waals surface area contributed by atoms with Crippen molar-refractivity contribution in [2.45, 2.75) is 6.42 Å². The van der Waals surface area contributed by atoms with Gasteiger partial charge < -0.3 is 16.4 Å². The van der Waals surface area contributed by atoms with E-state index < -0.39 is 0 Å². The van der Waals surface area contributed by atoms with Gasteiger partial charge >= 0.3 is 0 Å². The lowest BCUT2D eigenvalue weighted by Crippen LogP contribution is -2.27. The minimum absolute atomic E-state index is 0.667. The summed E-state index contributed by atoms with van der Waals surface area (Å²) in [6.07, 6.45) is 0.875. The second-order valence-corrected chi connectivity index (χ2v) is 5.37. The van der Waals surface area contributed by atoms with Crippen molar-refractivity contribution in [2.24, 2.45) is 5.73 Å². The first kappa shape index (κ1) is 15.8. The van der Waals surface area contributed by atoms with Crippen molar-refractivity contribution in [3.63, 3.8) is 0 Å². The van der Waals surface area contributed by atoms with Gasteiger partial charge in [0, 0.05) is 36.9 Å². The molecule has 0 radical (unpaired) electrons. The molecule has 0 bridgehead atoms. The van der Waals surface area contributed by atoms with E-state index in [2.05, 4.69) is 34.9 Å². The number of rotatable bonds is 8. The monoisotopic (exact) mass is 303 g/mol. The summed E-state index contributed by atoms with van der Waals surface area (Å²) in [4.78, 5) is 0. The number of anilines is 1. The molecule has 0 spiro atoms. The van der Waals surface area contributed by atoms with E-state index >= 15 is 0 Å². The number of hydrogen-bond acceptors (Lipinski definition) is 3. The highest BCUT2D eigenvalue weighted by Gasteiger charge is 2.04. The number of nitrogens with two attached hydrogens (primary N) is 1. The number of benzene rings is 2. The molecule has 4 heteroatoms. The van der Waals surface area contributed by atoms with Crippen molar-refractivity contribution < 1.29 is 0 Å². The van der Waals surface area contributed by atoms with E-state index in [1.807, 2.05) is 24.3 Å². The Labute approximate surface area is 131 Å². The predicted molar refractivity (Wildman–Crippen MR) is 91.1 cm³/mol. The molecule has 0 heterocycles. The van der Waals surface area contributed by atoms with Gasteiger partial charge in [0.15, 0.2) is 0 Å². The zero-order valence-corrected chi connectivity index (χ0v) is 12.9. The van der Waals surface area contributed by atoms with Crippen LogP contribution < -0.4 is 16.4 Å². The molecule has 0 saturated heterocycles. The maximum atomic E-state index is 6.13. The number of hydrogen-bond donors (Lipinski definition) is 3. The predicted octanol–water partition coefficient (Wildman–Crippen LogP) is 2.89. The van der Waals surface area contributed by atoms with Gasteiger partial charge in [-0.05, 0) is 35.7 Å². The summed E-state index contributed by atoms with van der Waals surface area (Å²) in [7, 11) is 0. The van der Waals surface area contributed by atoms with E-state index in [-0.39, 0.29) is 0 Å². The third-order valence-corrected chi connectivity index (χ3v) is 3.48. The third kappa shape index (κ3) is 5.38. The Kier molecular flexibility index (Phi) is 6.54. The Morgan fingerprint density at radius 2 is 1.76 bits per heavy atom. The normalized spacial score (nSPS) is 10.6. The summed E-state index contributed by atoms with van der Waals surface area (Å²) in [5.41, 5.74) is 9.08. The van der Waals surface area contributed by atoms with E-state index in [1.54, 1.807) is 0 Å². The average molecular weight is 304 g/mol. The van der Waals surface area contributed by atoms with Gasteiger partial charge in [-0.15, -0.1) is 0 Å². The third-order valence-electron chi connectivity index (χ3n) is 3.24. The quantitative estimate of drug-likeness (QED) is 0.657. The minimum atomic E-state index is 0.667. The molecule has 0 unspecified atom stereocenters. The van der Waals surface area contributed by atoms with Crippen LogP contribution in [-0.4, -0.2) is 26.2 Å². The van der Waals surface area contributed by atoms with Gasteiger partial charge in [-0.25, -0.2) is 0 Å². The summed E-state index contributed by atoms with van der Waals surface area (Å²) < 4.78 is 0. The van der Waals surface area contributed by atoms with E-state index in [4.69, 9.17) is 17.3 Å². The lowest BCUT2D eigenvalue weighted by Gasteiger charge is -2.13. The lowest BCUT2D eigenvalue weighted by molar-refractivity contribution is 0.707. The van der Waals surface area contributed by atoms with Crippen LogP contribution in [0.25, 0.3) is 0 Å². The van der Waals surface area contributed by atoms with Crippen LogP contribution in [0.4, 0.5) is 5.69 Å². The van der Waals surface area contributed by atoms with E-state index in [0.29, 0.717) is 6.54 Å². The topological polar surface area (TPSA) is 50.1 Å². The van der Waals surface area contributed by atoms with Crippen LogP contribution in [0.1, 0.15) is 11.1 Å². The molecule has 2 rings (SSSR count). The van der Waals surface area contributed by atoms with Gasteiger partial charge in [0.2, 0.25) is 0 Å². The Balaban J connectivity index is 2.00. The molecule has 0 saturated carbocycles. The molecule has 21 heavy (non-hydrogen) atoms. The van der Waals surface area contributed by atoms with Gasteiger partial charge in [-0.3, -0.25) is 0 Å². The van der Waals surface area contributed by atoms with E-state index in [0.717, 1.165) is 36.8 Å². The molecular formula is C17H22ClN3. The van der Waals surface area contributed by atoms with Crippen LogP contribution in [-0.2, 0) is 6.42 Å². The first-order valence-electron chi connectivity index (χ1n) is 7.26. The SMILES string of the molecule is NCCNCCNc1ccc(Cl)cc1Cc1ccccc1. The number of halogens is 1. The van der Waals surface area contributed by atoms with E-state index in [9.17, 15) is 0 Å². The van der Waals surface area contributed by atoms with Crippen molar-refractivity contribution in [3.05, 3.63) is 64.7 Å². The van der Waals surface area contributed by atoms with Gasteiger partial charge in [-0.2, -0.15) is 0 Å². The maximum Gasteiger partial charge on any atom is 0.0410 e. The molecule has 0 atom stereocenters. The molecule has 0 aromatic heterocycles. The molecule has 112 valence electrons. The van der Waals surface area contributed by atoms with Crippen LogP contribution in [0.2, 0.25) is 5.02 Å². The molecule has 2 aromatic carbocycles. The van der Waals surface area contributed by atoms with Gasteiger partial charge in [0.1, 0.15) is 0 Å². The number of nitrogens with one attached hydrogen (secondary N) is 2. The Morgan fingerprint density at radius 3 is 2.52 bits per heavy atom. The highest BCUT2D eigenvalue weighted by Crippen LogP contribution is 2.23. The zero-order valence-electron chi connectivity index (χ0n) is 12.1. The Morgan fingerprint density at radius 1 is 0.952 bits per heavy atom. The molecule has 4 N–H and O–H groups in total. The highest BCUT2D eigenvalue weighted by molar-refractivity contribution is 6.30. The smallest absolute Gasteiger partial charge is 0.0410 e. The second-order valence-electron chi connectivity index (χ2n) is 4.93. The van der Waals surface area contributed by atoms with E-state index in [1.165, 1.54) is 11.1 Å². The van der Waals surface area contributed by atoms with Crippen molar-refractivity contribution in [2.75, 3.05) is 31.5 Å². The minimum Gasteiger partial charge on any atom is -0.384 e. The first-order chi connectivity index (χ1) is 10.3. The van der Waals surface area contributed by atoms with Crippen molar-refractivity contribution in [1.29, 1.82) is 0 Å². The van der Waals surface area contributed by atoms with Crippen LogP contribution in [0.15, 0.2) is 48.5 Å². The van der Waals surface area contributed by atoms with Gasteiger partial charge in [0.05, 0.1) is 0 Å². The fraction of sp³-hybridized carbons (Fsp3) is 0.294. The van der Waals surface area contributed by atoms with Gasteiger partial charge in [-0.1, -0.05) is 41.9 Å². The molecule has 0 aliphatic rings. The standard InChI is InChI=1S/C17H22ClN3/c18-16-6-7-17(21-11-10-20-9-8-19)15(13-16)12-14-4-2-1-3-5-14/h1-7,13,20-21H,8-12,19H2. The molecular weight excluding hydrogens is 282 g/mol. The first-order valence-corrected chi connectivity index (χ1v) is 7.64. The van der Waals surface area contributed by atoms with Gasteiger partial charge in [0.25, 0.3) is 0 Å². The molecule has 0 aliphatic carbocycles. The average Bonchev–Trinajstić information content (AvgIpc) is 2.50. The summed E-state index contributed by atoms with van der Waals surface area (Å²) in [5.74, 6) is 0. The molecule has 2 aromatic rings. The molecule has 0 amide bonds. The fourth-order valence-corrected chi connectivity index (χ4v) is 2.40. The van der Waals surface area contributed by atoms with Crippen molar-refractivity contribution >= 4 is 17.3 Å². The Bertz CT molecular complexity index is 543. The largest absolute Gasteiger partial charge is 0.384 e. The van der Waals surface area contributed by atoms with Crippen LogP contribution in [0.5, 0.6) is 0 Å².